The molecule has 0 spiro atoms. The molecule has 1 unspecified atom stereocenters. The highest BCUT2D eigenvalue weighted by atomic mass is 35.5. The Balaban J connectivity index is 1.60. The van der Waals surface area contributed by atoms with E-state index in [1.165, 1.54) is 9.80 Å². The Morgan fingerprint density at radius 3 is 2.77 bits per heavy atom. The lowest BCUT2D eigenvalue weighted by atomic mass is 10.0. The molecule has 1 aromatic carbocycles. The van der Waals surface area contributed by atoms with Gasteiger partial charge in [0.2, 0.25) is 11.8 Å². The van der Waals surface area contributed by atoms with Gasteiger partial charge in [0.05, 0.1) is 6.04 Å². The summed E-state index contributed by atoms with van der Waals surface area (Å²) in [5.41, 5.74) is 0.932. The maximum absolute atomic E-state index is 12.8. The Morgan fingerprint density at radius 1 is 1.31 bits per heavy atom. The van der Waals surface area contributed by atoms with E-state index < -0.39 is 0 Å². The molecular weight excluding hydrogens is 356 g/mol. The Labute approximate surface area is 157 Å². The number of carbonyl (C=O) groups excluding carboxylic acids is 3. The van der Waals surface area contributed by atoms with Gasteiger partial charge >= 0.3 is 6.03 Å². The second-order valence-electron chi connectivity index (χ2n) is 6.62. The summed E-state index contributed by atoms with van der Waals surface area (Å²) in [6, 6.07) is 7.16. The van der Waals surface area contributed by atoms with Crippen LogP contribution in [0.5, 0.6) is 0 Å². The smallest absolute Gasteiger partial charge is 0.326 e. The van der Waals surface area contributed by atoms with Crippen LogP contribution in [0.2, 0.25) is 5.02 Å². The summed E-state index contributed by atoms with van der Waals surface area (Å²) in [7, 11) is 1.60. The van der Waals surface area contributed by atoms with Crippen molar-refractivity contribution in [3.8, 4) is 0 Å². The number of hydrogen-bond acceptors (Lipinski definition) is 4. The largest absolute Gasteiger partial charge is 0.333 e. The molecule has 3 rings (SSSR count). The normalized spacial score (nSPS) is 20.8. The monoisotopic (exact) mass is 378 g/mol. The topological polar surface area (TPSA) is 73.0 Å². The molecule has 7 nitrogen and oxygen atoms in total. The minimum atomic E-state index is -0.293. The summed E-state index contributed by atoms with van der Waals surface area (Å²) in [6.45, 7) is 2.39. The van der Waals surface area contributed by atoms with Crippen molar-refractivity contribution in [3.05, 3.63) is 34.9 Å². The number of benzene rings is 1. The molecule has 2 aliphatic heterocycles. The molecule has 4 amide bonds. The molecule has 1 N–H and O–H groups in total. The van der Waals surface area contributed by atoms with E-state index in [0.717, 1.165) is 12.1 Å². The fraction of sp³-hybridized carbons (Fsp3) is 0.500. The van der Waals surface area contributed by atoms with Crippen molar-refractivity contribution in [3.63, 3.8) is 0 Å². The first-order chi connectivity index (χ1) is 12.5. The Morgan fingerprint density at radius 2 is 2.08 bits per heavy atom. The second kappa shape index (κ2) is 8.05. The molecule has 8 heteroatoms. The highest BCUT2D eigenvalue weighted by Crippen LogP contribution is 2.29. The minimum absolute atomic E-state index is 0.0175. The zero-order chi connectivity index (χ0) is 18.7. The number of likely N-dealkylation sites (N-methyl/N-ethyl adjacent to an activating group) is 1. The summed E-state index contributed by atoms with van der Waals surface area (Å²) < 4.78 is 0. The number of carbonyl (C=O) groups is 3. The minimum Gasteiger partial charge on any atom is -0.333 e. The van der Waals surface area contributed by atoms with E-state index in [1.54, 1.807) is 7.05 Å². The van der Waals surface area contributed by atoms with Crippen LogP contribution in [0, 0.1) is 0 Å². The average Bonchev–Trinajstić information content (AvgIpc) is 2.88. The van der Waals surface area contributed by atoms with Gasteiger partial charge in [0.25, 0.3) is 0 Å². The third kappa shape index (κ3) is 3.83. The molecular formula is C18H23ClN4O3. The van der Waals surface area contributed by atoms with Gasteiger partial charge < -0.3 is 15.1 Å². The third-order valence-electron chi connectivity index (χ3n) is 4.83. The van der Waals surface area contributed by atoms with Crippen molar-refractivity contribution in [1.29, 1.82) is 0 Å². The number of rotatable bonds is 5. The van der Waals surface area contributed by atoms with Crippen molar-refractivity contribution < 1.29 is 14.4 Å². The molecule has 0 bridgehead atoms. The standard InChI is InChI=1S/C18H23ClN4O3/c1-21-12-17(25)23(18(21)26)9-4-7-16(24)22-10-8-20-11-15(22)13-5-2-3-6-14(13)19/h2-3,5-6,15,20H,4,7-12H2,1H3. The van der Waals surface area contributed by atoms with Gasteiger partial charge in [0, 0.05) is 44.7 Å². The van der Waals surface area contributed by atoms with Crippen molar-refractivity contribution in [1.82, 2.24) is 20.0 Å². The lowest BCUT2D eigenvalue weighted by Gasteiger charge is -2.37. The van der Waals surface area contributed by atoms with E-state index in [-0.39, 0.29) is 37.0 Å². The molecule has 2 heterocycles. The van der Waals surface area contributed by atoms with Crippen molar-refractivity contribution in [2.75, 3.05) is 39.8 Å². The molecule has 0 saturated carbocycles. The van der Waals surface area contributed by atoms with Gasteiger partial charge in [-0.2, -0.15) is 0 Å². The van der Waals surface area contributed by atoms with Gasteiger partial charge in [-0.05, 0) is 18.1 Å². The first kappa shape index (κ1) is 18.7. The quantitative estimate of drug-likeness (QED) is 0.788. The summed E-state index contributed by atoms with van der Waals surface area (Å²) in [5.74, 6) is -0.190. The van der Waals surface area contributed by atoms with E-state index in [0.29, 0.717) is 31.0 Å². The molecule has 2 fully saturated rings. The zero-order valence-electron chi connectivity index (χ0n) is 14.8. The number of halogens is 1. The summed E-state index contributed by atoms with van der Waals surface area (Å²) in [4.78, 5) is 40.9. The van der Waals surface area contributed by atoms with Crippen molar-refractivity contribution in [2.24, 2.45) is 0 Å². The number of piperazine rings is 1. The van der Waals surface area contributed by atoms with Gasteiger partial charge in [-0.15, -0.1) is 0 Å². The van der Waals surface area contributed by atoms with Crippen LogP contribution in [0.15, 0.2) is 24.3 Å². The number of nitrogens with zero attached hydrogens (tertiary/aromatic N) is 3. The predicted molar refractivity (Wildman–Crippen MR) is 97.7 cm³/mol. The number of hydrogen-bond donors (Lipinski definition) is 1. The van der Waals surface area contributed by atoms with Crippen LogP contribution in [0.3, 0.4) is 0 Å². The molecule has 0 aromatic heterocycles. The van der Waals surface area contributed by atoms with Crippen LogP contribution in [0.4, 0.5) is 4.79 Å². The van der Waals surface area contributed by atoms with Crippen LogP contribution >= 0.6 is 11.6 Å². The molecule has 26 heavy (non-hydrogen) atoms. The van der Waals surface area contributed by atoms with Gasteiger partial charge in [0.1, 0.15) is 6.54 Å². The molecule has 0 aliphatic carbocycles. The molecule has 2 aliphatic rings. The molecule has 2 saturated heterocycles. The summed E-state index contributed by atoms with van der Waals surface area (Å²) in [6.07, 6.45) is 0.755. The van der Waals surface area contributed by atoms with E-state index in [2.05, 4.69) is 5.32 Å². The van der Waals surface area contributed by atoms with E-state index in [4.69, 9.17) is 11.6 Å². The van der Waals surface area contributed by atoms with Crippen LogP contribution in [0.1, 0.15) is 24.4 Å². The number of imide groups is 1. The van der Waals surface area contributed by atoms with Crippen molar-refractivity contribution in [2.45, 2.75) is 18.9 Å². The van der Waals surface area contributed by atoms with Gasteiger partial charge in [0.15, 0.2) is 0 Å². The zero-order valence-corrected chi connectivity index (χ0v) is 15.5. The van der Waals surface area contributed by atoms with Gasteiger partial charge in [-0.1, -0.05) is 29.8 Å². The fourth-order valence-electron chi connectivity index (χ4n) is 3.45. The Hall–Kier alpha value is -2.12. The highest BCUT2D eigenvalue weighted by molar-refractivity contribution is 6.31. The lowest BCUT2D eigenvalue weighted by molar-refractivity contribution is -0.135. The first-order valence-electron chi connectivity index (χ1n) is 8.79. The number of amides is 4. The van der Waals surface area contributed by atoms with E-state index in [9.17, 15) is 14.4 Å². The molecule has 140 valence electrons. The van der Waals surface area contributed by atoms with Crippen LogP contribution in [-0.2, 0) is 9.59 Å². The predicted octanol–water partition coefficient (Wildman–Crippen LogP) is 1.49. The maximum atomic E-state index is 12.8. The van der Waals surface area contributed by atoms with Crippen LogP contribution in [-0.4, -0.2) is 72.3 Å². The fourth-order valence-corrected chi connectivity index (χ4v) is 3.71. The number of urea groups is 1. The van der Waals surface area contributed by atoms with Gasteiger partial charge in [-0.3, -0.25) is 14.5 Å². The third-order valence-corrected chi connectivity index (χ3v) is 5.18. The van der Waals surface area contributed by atoms with E-state index >= 15 is 0 Å². The van der Waals surface area contributed by atoms with Gasteiger partial charge in [-0.25, -0.2) is 4.79 Å². The van der Waals surface area contributed by atoms with Crippen LogP contribution in [0.25, 0.3) is 0 Å². The maximum Gasteiger partial charge on any atom is 0.326 e. The highest BCUT2D eigenvalue weighted by Gasteiger charge is 2.33. The Kier molecular flexibility index (Phi) is 5.78. The second-order valence-corrected chi connectivity index (χ2v) is 7.02. The Bertz CT molecular complexity index is 711. The van der Waals surface area contributed by atoms with E-state index in [1.807, 2.05) is 29.2 Å². The van der Waals surface area contributed by atoms with Crippen LogP contribution < -0.4 is 5.32 Å². The molecule has 1 aromatic rings. The van der Waals surface area contributed by atoms with Crippen molar-refractivity contribution >= 4 is 29.4 Å². The molecule has 1 atom stereocenters. The number of nitrogens with one attached hydrogen (secondary N) is 1. The first-order valence-corrected chi connectivity index (χ1v) is 9.17. The average molecular weight is 379 g/mol. The summed E-state index contributed by atoms with van der Waals surface area (Å²) in [5, 5.41) is 3.96. The summed E-state index contributed by atoms with van der Waals surface area (Å²) >= 11 is 6.31. The lowest BCUT2D eigenvalue weighted by Crippen LogP contribution is -2.48. The SMILES string of the molecule is CN1CC(=O)N(CCCC(=O)N2CCNCC2c2ccccc2Cl)C1=O. The molecule has 0 radical (unpaired) electrons.